The molecule has 2 saturated heterocycles. The molecular formula is C51H76N2O8S2. The predicted molar refractivity (Wildman–Crippen MR) is 253 cm³/mol. The van der Waals surface area contributed by atoms with E-state index in [1.807, 2.05) is 21.0 Å². The highest BCUT2D eigenvalue weighted by Crippen LogP contribution is 2.79. The quantitative estimate of drug-likeness (QED) is 0.212. The van der Waals surface area contributed by atoms with Gasteiger partial charge in [0, 0.05) is 70.9 Å². The van der Waals surface area contributed by atoms with E-state index in [9.17, 15) is 15.3 Å². The van der Waals surface area contributed by atoms with Gasteiger partial charge in [0.2, 0.25) is 0 Å². The van der Waals surface area contributed by atoms with E-state index < -0.39 is 22.4 Å². The number of phenolic OH excluding ortho intramolecular Hbond substituents is 1. The minimum absolute atomic E-state index is 0. The Balaban J connectivity index is 0.000000155. The maximum atomic E-state index is 12.0. The molecule has 8 aliphatic carbocycles. The van der Waals surface area contributed by atoms with Crippen molar-refractivity contribution in [2.24, 2.45) is 33.5 Å². The zero-order valence-corrected chi connectivity index (χ0v) is 41.6. The highest BCUT2D eigenvalue weighted by molar-refractivity contribution is 7.59. The van der Waals surface area contributed by atoms with Crippen LogP contribution >= 0.6 is 27.0 Å². The first-order valence-electron chi connectivity index (χ1n) is 23.5. The third-order valence-corrected chi connectivity index (χ3v) is 21.0. The summed E-state index contributed by atoms with van der Waals surface area (Å²) in [5.41, 5.74) is 1.79. The van der Waals surface area contributed by atoms with Crippen LogP contribution < -0.4 is 24.8 Å². The van der Waals surface area contributed by atoms with Crippen LogP contribution in [0.25, 0.3) is 0 Å². The standard InChI is InChI=1S/C26H37NO4.C25H35NO4.2H2S/c1-22(2,3)23(4,28)17-14-24-9-10-26(17,30-6)21-25(24)11-12-27-18(24)13-15-7-8-16(29-5)20(31-21)19(15)25;1-21(2,3)22(4,28)16-13-23-8-9-25(16,29-5)20-24(23)10-11-26-17(23)12-14-6-7-15(27)19(30-20)18(14)24;;/h7-8,17-18,21,27-28H,9-14H2,1-6H3;6-7,16-17,20,26-28H,8-13H2,1-5H3;2*1H2/t17-,18?,21?,23-,24-,25?,26-;16-,17?,20?,22-,23-,24?,25-;;/m11../s1. The summed E-state index contributed by atoms with van der Waals surface area (Å²) in [6.45, 7) is 18.8. The fourth-order valence-electron chi connectivity index (χ4n) is 17.2. The molecule has 4 spiro atoms. The highest BCUT2D eigenvalue weighted by Gasteiger charge is 2.83. The lowest BCUT2D eigenvalue weighted by Crippen LogP contribution is -2.83. The Bertz CT molecular complexity index is 2210. The van der Waals surface area contributed by atoms with Crippen molar-refractivity contribution in [1.82, 2.24) is 10.6 Å². The number of phenols is 1. The third kappa shape index (κ3) is 4.97. The van der Waals surface area contributed by atoms with Gasteiger partial charge in [-0.15, -0.1) is 0 Å². The molecule has 0 amide bonds. The number of methoxy groups -OCH3 is 3. The zero-order valence-electron chi connectivity index (χ0n) is 39.6. The van der Waals surface area contributed by atoms with Gasteiger partial charge in [0.15, 0.2) is 23.0 Å². The lowest BCUT2D eigenvalue weighted by molar-refractivity contribution is -0.303. The van der Waals surface area contributed by atoms with Gasteiger partial charge in [0.05, 0.1) is 18.3 Å². The minimum Gasteiger partial charge on any atom is -0.504 e. The summed E-state index contributed by atoms with van der Waals surface area (Å²) in [4.78, 5) is 0. The van der Waals surface area contributed by atoms with Crippen molar-refractivity contribution in [1.29, 1.82) is 0 Å². The van der Waals surface area contributed by atoms with Crippen LogP contribution in [0.2, 0.25) is 0 Å². The van der Waals surface area contributed by atoms with Crippen molar-refractivity contribution in [2.75, 3.05) is 34.4 Å². The number of rotatable bonds is 5. The van der Waals surface area contributed by atoms with Crippen LogP contribution in [0, 0.1) is 33.5 Å². The number of nitrogens with one attached hydrogen (secondary N) is 2. The second kappa shape index (κ2) is 13.9. The topological polar surface area (TPSA) is 131 Å². The van der Waals surface area contributed by atoms with Gasteiger partial charge in [0.25, 0.3) is 0 Å². The first-order valence-corrected chi connectivity index (χ1v) is 23.5. The van der Waals surface area contributed by atoms with Crippen molar-refractivity contribution < 1.29 is 39.0 Å². The molecule has 2 aromatic carbocycles. The Hall–Kier alpha value is -1.90. The molecule has 0 radical (unpaired) electrons. The van der Waals surface area contributed by atoms with Crippen LogP contribution in [0.15, 0.2) is 24.3 Å². The summed E-state index contributed by atoms with van der Waals surface area (Å²) >= 11 is 0. The fraction of sp³-hybridized carbons (Fsp3) is 0.765. The second-order valence-electron chi connectivity index (χ2n) is 23.9. The first-order chi connectivity index (χ1) is 28.6. The van der Waals surface area contributed by atoms with Crippen LogP contribution in [0.1, 0.15) is 129 Å². The number of aromatic hydroxyl groups is 1. The van der Waals surface area contributed by atoms with E-state index in [0.717, 1.165) is 88.8 Å². The molecule has 6 saturated carbocycles. The smallest absolute Gasteiger partial charge is 0.165 e. The Morgan fingerprint density at radius 3 is 1.46 bits per heavy atom. The summed E-state index contributed by atoms with van der Waals surface area (Å²) in [6, 6.07) is 8.99. The Morgan fingerprint density at radius 2 is 1.03 bits per heavy atom. The van der Waals surface area contributed by atoms with Crippen LogP contribution in [0.5, 0.6) is 23.0 Å². The number of ether oxygens (including phenoxy) is 5. The molecule has 4 aliphatic heterocycles. The van der Waals surface area contributed by atoms with Gasteiger partial charge in [-0.05, 0) is 125 Å². The van der Waals surface area contributed by atoms with Gasteiger partial charge in [-0.3, -0.25) is 0 Å². The van der Waals surface area contributed by atoms with Crippen molar-refractivity contribution in [3.8, 4) is 23.0 Å². The molecule has 4 heterocycles. The lowest BCUT2D eigenvalue weighted by atomic mass is 9.33. The third-order valence-electron chi connectivity index (χ3n) is 21.0. The van der Waals surface area contributed by atoms with E-state index >= 15 is 0 Å². The fourth-order valence-corrected chi connectivity index (χ4v) is 17.2. The molecule has 8 fully saturated rings. The maximum absolute atomic E-state index is 12.0. The average Bonchev–Trinajstić information content (AvgIpc) is 3.77. The van der Waals surface area contributed by atoms with E-state index in [-0.39, 0.29) is 89.3 Å². The van der Waals surface area contributed by atoms with E-state index in [2.05, 4.69) is 70.4 Å². The number of hydrogen-bond acceptors (Lipinski definition) is 10. The van der Waals surface area contributed by atoms with E-state index in [0.29, 0.717) is 17.8 Å². The van der Waals surface area contributed by atoms with Crippen molar-refractivity contribution in [2.45, 2.75) is 177 Å². The van der Waals surface area contributed by atoms with E-state index in [4.69, 9.17) is 23.7 Å². The zero-order chi connectivity index (χ0) is 43.3. The molecule has 6 unspecified atom stereocenters. The van der Waals surface area contributed by atoms with Gasteiger partial charge in [-0.2, -0.15) is 27.0 Å². The SMILES string of the molecule is CO[C@]12CC[C@@]3(C[C@@H]1[C@@](C)(O)C(C)(C)C)C1Cc4ccc(O)c5c4C3(CCN1)C2O5.COc1ccc2c3c1OC1C34CCNC(C2)[C@]42CC[C@@]1(OC)[C@@H]([C@@](C)(O)C(C)(C)C)C2.S.S. The van der Waals surface area contributed by atoms with Gasteiger partial charge in [-0.25, -0.2) is 0 Å². The lowest BCUT2D eigenvalue weighted by Gasteiger charge is -2.74. The molecule has 10 nitrogen and oxygen atoms in total. The largest absolute Gasteiger partial charge is 0.504 e. The maximum Gasteiger partial charge on any atom is 0.165 e. The molecule has 12 aliphatic rings. The summed E-state index contributed by atoms with van der Waals surface area (Å²) in [6.07, 6.45) is 9.66. The van der Waals surface area contributed by atoms with Crippen molar-refractivity contribution in [3.63, 3.8) is 0 Å². The molecule has 350 valence electrons. The van der Waals surface area contributed by atoms with Gasteiger partial charge in [0.1, 0.15) is 23.4 Å². The minimum atomic E-state index is -0.910. The molecule has 14 atom stereocenters. The van der Waals surface area contributed by atoms with E-state index in [1.165, 1.54) is 22.3 Å². The molecule has 14 rings (SSSR count). The Morgan fingerprint density at radius 1 is 0.603 bits per heavy atom. The number of aliphatic hydroxyl groups is 2. The van der Waals surface area contributed by atoms with Crippen LogP contribution in [-0.2, 0) is 33.1 Å². The van der Waals surface area contributed by atoms with Crippen LogP contribution in [0.4, 0.5) is 0 Å². The number of hydrogen-bond donors (Lipinski definition) is 5. The summed E-state index contributed by atoms with van der Waals surface area (Å²) < 4.78 is 32.5. The molecule has 0 aromatic heterocycles. The molecule has 8 bridgehead atoms. The monoisotopic (exact) mass is 909 g/mol. The normalized spacial score (nSPS) is 42.9. The van der Waals surface area contributed by atoms with E-state index in [1.54, 1.807) is 20.3 Å². The molecule has 63 heavy (non-hydrogen) atoms. The van der Waals surface area contributed by atoms with Crippen molar-refractivity contribution in [3.05, 3.63) is 46.5 Å². The Kier molecular flexibility index (Phi) is 10.2. The summed E-state index contributed by atoms with van der Waals surface area (Å²) in [5, 5.41) is 42.5. The Labute approximate surface area is 389 Å². The van der Waals surface area contributed by atoms with Crippen molar-refractivity contribution >= 4 is 27.0 Å². The average molecular weight is 909 g/mol. The van der Waals surface area contributed by atoms with Gasteiger partial charge in [-0.1, -0.05) is 53.7 Å². The number of benzene rings is 2. The van der Waals surface area contributed by atoms with Crippen LogP contribution in [-0.4, -0.2) is 96.4 Å². The predicted octanol–water partition coefficient (Wildman–Crippen LogP) is 7.11. The molecule has 12 heteroatoms. The second-order valence-corrected chi connectivity index (χ2v) is 23.9. The van der Waals surface area contributed by atoms with Gasteiger partial charge < -0.3 is 49.6 Å². The van der Waals surface area contributed by atoms with Gasteiger partial charge >= 0.3 is 0 Å². The molecule has 2 aromatic rings. The number of piperidine rings is 2. The highest BCUT2D eigenvalue weighted by atomic mass is 32.1. The number of fused-ring (bicyclic) bond motifs is 4. The van der Waals surface area contributed by atoms with Crippen LogP contribution in [0.3, 0.4) is 0 Å². The molecule has 5 N–H and O–H groups in total. The molecular weight excluding hydrogens is 833 g/mol. The summed E-state index contributed by atoms with van der Waals surface area (Å²) in [5.74, 6) is 2.66. The first kappa shape index (κ1) is 46.2. The summed E-state index contributed by atoms with van der Waals surface area (Å²) in [7, 11) is 5.38.